The zero-order valence-electron chi connectivity index (χ0n) is 6.98. The molecule has 0 bridgehead atoms. The van der Waals surface area contributed by atoms with E-state index in [1.54, 1.807) is 0 Å². The summed E-state index contributed by atoms with van der Waals surface area (Å²) in [5.41, 5.74) is 0.273. The molecule has 1 fully saturated rings. The van der Waals surface area contributed by atoms with Crippen LogP contribution in [0.1, 0.15) is 0 Å². The van der Waals surface area contributed by atoms with Crippen molar-refractivity contribution < 1.29 is 4.74 Å². The third-order valence-electron chi connectivity index (χ3n) is 2.20. The lowest BCUT2D eigenvalue weighted by Gasteiger charge is -2.46. The Kier molecular flexibility index (Phi) is 2.28. The molecule has 1 rings (SSSR count). The first-order valence-electron chi connectivity index (χ1n) is 3.61. The number of hydrogen-bond donors (Lipinski definition) is 1. The van der Waals surface area contributed by atoms with Crippen molar-refractivity contribution in [3.05, 3.63) is 0 Å². The summed E-state index contributed by atoms with van der Waals surface area (Å²) in [6, 6.07) is 0. The predicted molar refractivity (Wildman–Crippen MR) is 41.2 cm³/mol. The first-order chi connectivity index (χ1) is 4.71. The summed E-state index contributed by atoms with van der Waals surface area (Å²) in [6.45, 7) is 2.74. The lowest BCUT2D eigenvalue weighted by atomic mass is 9.96. The lowest BCUT2D eigenvalue weighted by molar-refractivity contribution is -0.121. The Hall–Kier alpha value is -0.120. The Morgan fingerprint density at radius 2 is 2.10 bits per heavy atom. The van der Waals surface area contributed by atoms with E-state index in [0.29, 0.717) is 0 Å². The van der Waals surface area contributed by atoms with Gasteiger partial charge in [0.25, 0.3) is 0 Å². The minimum atomic E-state index is 0.273. The Morgan fingerprint density at radius 1 is 1.50 bits per heavy atom. The number of ether oxygens (including phenoxy) is 1. The van der Waals surface area contributed by atoms with Gasteiger partial charge in [-0.15, -0.1) is 0 Å². The van der Waals surface area contributed by atoms with Crippen molar-refractivity contribution >= 4 is 0 Å². The van der Waals surface area contributed by atoms with Gasteiger partial charge >= 0.3 is 0 Å². The zero-order chi connectivity index (χ0) is 7.61. The average molecular weight is 144 g/mol. The first-order valence-corrected chi connectivity index (χ1v) is 3.61. The second kappa shape index (κ2) is 2.86. The molecule has 0 unspecified atom stereocenters. The SMILES string of the molecule is CNCC1(N(C)C)COC1. The fraction of sp³-hybridized carbons (Fsp3) is 1.00. The van der Waals surface area contributed by atoms with Crippen LogP contribution < -0.4 is 5.32 Å². The quantitative estimate of drug-likeness (QED) is 0.580. The molecular weight excluding hydrogens is 128 g/mol. The highest BCUT2D eigenvalue weighted by molar-refractivity contribution is 4.95. The third kappa shape index (κ3) is 1.17. The summed E-state index contributed by atoms with van der Waals surface area (Å²) >= 11 is 0. The van der Waals surface area contributed by atoms with Crippen molar-refractivity contribution in [3.8, 4) is 0 Å². The van der Waals surface area contributed by atoms with Crippen molar-refractivity contribution in [1.82, 2.24) is 10.2 Å². The van der Waals surface area contributed by atoms with Gasteiger partial charge in [0.05, 0.1) is 18.8 Å². The minimum Gasteiger partial charge on any atom is -0.377 e. The van der Waals surface area contributed by atoms with Crippen molar-refractivity contribution in [2.45, 2.75) is 5.54 Å². The fourth-order valence-electron chi connectivity index (χ4n) is 1.19. The molecule has 3 nitrogen and oxygen atoms in total. The highest BCUT2D eigenvalue weighted by Crippen LogP contribution is 2.20. The molecule has 1 saturated heterocycles. The molecule has 1 heterocycles. The van der Waals surface area contributed by atoms with Crippen LogP contribution in [0.5, 0.6) is 0 Å². The van der Waals surface area contributed by atoms with Gasteiger partial charge in [0, 0.05) is 6.54 Å². The highest BCUT2D eigenvalue weighted by Gasteiger charge is 2.39. The second-order valence-corrected chi connectivity index (χ2v) is 3.14. The van der Waals surface area contributed by atoms with E-state index in [4.69, 9.17) is 4.74 Å². The smallest absolute Gasteiger partial charge is 0.0799 e. The summed E-state index contributed by atoms with van der Waals surface area (Å²) in [4.78, 5) is 2.23. The molecule has 0 amide bonds. The molecule has 1 aliphatic rings. The molecule has 60 valence electrons. The third-order valence-corrected chi connectivity index (χ3v) is 2.20. The van der Waals surface area contributed by atoms with Gasteiger partial charge in [-0.25, -0.2) is 0 Å². The number of rotatable bonds is 3. The van der Waals surface area contributed by atoms with Crippen LogP contribution >= 0.6 is 0 Å². The normalized spacial score (nSPS) is 22.8. The van der Waals surface area contributed by atoms with Gasteiger partial charge in [0.1, 0.15) is 0 Å². The van der Waals surface area contributed by atoms with Crippen molar-refractivity contribution in [3.63, 3.8) is 0 Å². The standard InChI is InChI=1S/C7H16N2O/c1-8-4-7(9(2)3)5-10-6-7/h8H,4-6H2,1-3H3. The summed E-state index contributed by atoms with van der Waals surface area (Å²) in [5.74, 6) is 0. The zero-order valence-corrected chi connectivity index (χ0v) is 6.98. The van der Waals surface area contributed by atoms with Gasteiger partial charge in [0.15, 0.2) is 0 Å². The van der Waals surface area contributed by atoms with Crippen LogP contribution in [0.3, 0.4) is 0 Å². The molecular formula is C7H16N2O. The van der Waals surface area contributed by atoms with Crippen molar-refractivity contribution in [2.24, 2.45) is 0 Å². The van der Waals surface area contributed by atoms with E-state index < -0.39 is 0 Å². The van der Waals surface area contributed by atoms with Gasteiger partial charge in [-0.1, -0.05) is 0 Å². The summed E-state index contributed by atoms with van der Waals surface area (Å²) in [6.07, 6.45) is 0. The van der Waals surface area contributed by atoms with Crippen molar-refractivity contribution in [2.75, 3.05) is 40.9 Å². The molecule has 0 spiro atoms. The molecule has 0 aromatic heterocycles. The molecule has 1 aliphatic heterocycles. The van der Waals surface area contributed by atoms with E-state index in [-0.39, 0.29) is 5.54 Å². The number of nitrogens with zero attached hydrogens (tertiary/aromatic N) is 1. The molecule has 0 saturated carbocycles. The molecule has 3 heteroatoms. The Bertz CT molecular complexity index is 110. The van der Waals surface area contributed by atoms with Crippen LogP contribution in [0.4, 0.5) is 0 Å². The second-order valence-electron chi connectivity index (χ2n) is 3.14. The monoisotopic (exact) mass is 144 g/mol. The fourth-order valence-corrected chi connectivity index (χ4v) is 1.19. The van der Waals surface area contributed by atoms with E-state index in [2.05, 4.69) is 24.3 Å². The maximum atomic E-state index is 5.17. The predicted octanol–water partition coefficient (Wildman–Crippen LogP) is -0.464. The molecule has 1 N–H and O–H groups in total. The van der Waals surface area contributed by atoms with Crippen LogP contribution in [-0.4, -0.2) is 51.3 Å². The molecule has 0 atom stereocenters. The minimum absolute atomic E-state index is 0.273. The number of hydrogen-bond acceptors (Lipinski definition) is 3. The summed E-state index contributed by atoms with van der Waals surface area (Å²) < 4.78 is 5.17. The topological polar surface area (TPSA) is 24.5 Å². The van der Waals surface area contributed by atoms with Gasteiger partial charge < -0.3 is 10.1 Å². The number of nitrogens with one attached hydrogen (secondary N) is 1. The largest absolute Gasteiger partial charge is 0.377 e. The maximum absolute atomic E-state index is 5.17. The summed E-state index contributed by atoms with van der Waals surface area (Å²) in [5, 5.41) is 3.17. The van der Waals surface area contributed by atoms with E-state index in [1.807, 2.05) is 7.05 Å². The van der Waals surface area contributed by atoms with Crippen LogP contribution in [0, 0.1) is 0 Å². The Morgan fingerprint density at radius 3 is 2.20 bits per heavy atom. The van der Waals surface area contributed by atoms with Crippen LogP contribution in [-0.2, 0) is 4.74 Å². The van der Waals surface area contributed by atoms with E-state index in [9.17, 15) is 0 Å². The molecule has 10 heavy (non-hydrogen) atoms. The molecule has 0 aromatic rings. The lowest BCUT2D eigenvalue weighted by Crippen LogP contribution is -2.64. The van der Waals surface area contributed by atoms with Gasteiger partial charge in [-0.05, 0) is 21.1 Å². The molecule has 0 aliphatic carbocycles. The Labute approximate surface area is 62.3 Å². The van der Waals surface area contributed by atoms with E-state index >= 15 is 0 Å². The Balaban J connectivity index is 2.42. The average Bonchev–Trinajstić information content (AvgIpc) is 1.77. The van der Waals surface area contributed by atoms with E-state index in [1.165, 1.54) is 0 Å². The van der Waals surface area contributed by atoms with E-state index in [0.717, 1.165) is 19.8 Å². The van der Waals surface area contributed by atoms with Gasteiger partial charge in [0.2, 0.25) is 0 Å². The first kappa shape index (κ1) is 7.98. The molecule has 0 radical (unpaired) electrons. The van der Waals surface area contributed by atoms with Crippen LogP contribution in [0.25, 0.3) is 0 Å². The summed E-state index contributed by atoms with van der Waals surface area (Å²) in [7, 11) is 6.17. The van der Waals surface area contributed by atoms with Crippen molar-refractivity contribution in [1.29, 1.82) is 0 Å². The maximum Gasteiger partial charge on any atom is 0.0799 e. The van der Waals surface area contributed by atoms with Gasteiger partial charge in [-0.2, -0.15) is 0 Å². The highest BCUT2D eigenvalue weighted by atomic mass is 16.5. The number of likely N-dealkylation sites (N-methyl/N-ethyl adjacent to an activating group) is 2. The molecule has 0 aromatic carbocycles. The van der Waals surface area contributed by atoms with Crippen LogP contribution in [0.15, 0.2) is 0 Å². The van der Waals surface area contributed by atoms with Gasteiger partial charge in [-0.3, -0.25) is 4.90 Å². The van der Waals surface area contributed by atoms with Crippen LogP contribution in [0.2, 0.25) is 0 Å².